The number of carbonyl (C=O) groups is 1. The van der Waals surface area contributed by atoms with Crippen LogP contribution in [0.3, 0.4) is 0 Å². The number of phenols is 2. The lowest BCUT2D eigenvalue weighted by molar-refractivity contribution is 0.102. The lowest BCUT2D eigenvalue weighted by Gasteiger charge is -2.13. The van der Waals surface area contributed by atoms with E-state index in [0.29, 0.717) is 21.7 Å². The highest BCUT2D eigenvalue weighted by atomic mass is 32.2. The fourth-order valence-electron chi connectivity index (χ4n) is 3.23. The van der Waals surface area contributed by atoms with Crippen LogP contribution in [0, 0.1) is 0 Å². The molecular weight excluding hydrogens is 412 g/mol. The Hall–Kier alpha value is -3.58. The summed E-state index contributed by atoms with van der Waals surface area (Å²) in [5.41, 5.74) is 2.46. The smallest absolute Gasteiger partial charge is 0.266 e. The van der Waals surface area contributed by atoms with Crippen molar-refractivity contribution in [2.24, 2.45) is 0 Å². The Balaban J connectivity index is 1.74. The summed E-state index contributed by atoms with van der Waals surface area (Å²) in [7, 11) is 0. The molecule has 4 rings (SSSR count). The van der Waals surface area contributed by atoms with Crippen molar-refractivity contribution in [2.45, 2.75) is 18.5 Å². The van der Waals surface area contributed by atoms with E-state index >= 15 is 0 Å². The van der Waals surface area contributed by atoms with E-state index in [1.807, 2.05) is 30.3 Å². The third kappa shape index (κ3) is 4.18. The number of benzene rings is 3. The lowest BCUT2D eigenvalue weighted by atomic mass is 10.1. The molecule has 3 aromatic carbocycles. The summed E-state index contributed by atoms with van der Waals surface area (Å²) in [6.45, 7) is 2.06. The van der Waals surface area contributed by atoms with Gasteiger partial charge in [0.05, 0.1) is 22.3 Å². The fraction of sp³-hybridized carbons (Fsp3) is 0.125. The van der Waals surface area contributed by atoms with Gasteiger partial charge in [-0.05, 0) is 54.4 Å². The molecule has 0 saturated carbocycles. The Labute approximate surface area is 182 Å². The average molecular weight is 433 g/mol. The number of hydrogen-bond acceptors (Lipinski definition) is 6. The standard InChI is InChI=1S/C24H20N2O4S/c1-2-15-7-10-17(11-8-15)26-23(30)18-5-3-4-6-19(18)25-24(26)31-14-22(29)16-9-12-20(27)21(28)13-16/h3-13,27-28H,2,14H2,1H3. The van der Waals surface area contributed by atoms with Gasteiger partial charge in [0, 0.05) is 5.56 Å². The van der Waals surface area contributed by atoms with Crippen molar-refractivity contribution in [2.75, 3.05) is 5.75 Å². The minimum absolute atomic E-state index is 0.0159. The van der Waals surface area contributed by atoms with Crippen LogP contribution >= 0.6 is 11.8 Å². The SMILES string of the molecule is CCc1ccc(-n2c(SCC(=O)c3ccc(O)c(O)c3)nc3ccccc3c2=O)cc1. The van der Waals surface area contributed by atoms with Gasteiger partial charge in [-0.15, -0.1) is 0 Å². The zero-order chi connectivity index (χ0) is 22.0. The maximum absolute atomic E-state index is 13.3. The molecule has 0 saturated heterocycles. The van der Waals surface area contributed by atoms with Gasteiger partial charge in [-0.3, -0.25) is 14.2 Å². The van der Waals surface area contributed by atoms with Crippen molar-refractivity contribution in [3.63, 3.8) is 0 Å². The highest BCUT2D eigenvalue weighted by molar-refractivity contribution is 7.99. The van der Waals surface area contributed by atoms with Crippen molar-refractivity contribution < 1.29 is 15.0 Å². The summed E-state index contributed by atoms with van der Waals surface area (Å²) in [6.07, 6.45) is 0.890. The number of aryl methyl sites for hydroxylation is 1. The first-order valence-electron chi connectivity index (χ1n) is 9.77. The second-order valence-electron chi connectivity index (χ2n) is 6.99. The quantitative estimate of drug-likeness (QED) is 0.204. The number of aromatic nitrogens is 2. The molecule has 0 aliphatic carbocycles. The van der Waals surface area contributed by atoms with Crippen molar-refractivity contribution in [1.82, 2.24) is 9.55 Å². The highest BCUT2D eigenvalue weighted by Crippen LogP contribution is 2.27. The second-order valence-corrected chi connectivity index (χ2v) is 7.93. The summed E-state index contributed by atoms with van der Waals surface area (Å²) in [5.74, 6) is -0.880. The van der Waals surface area contributed by atoms with Gasteiger partial charge in [-0.2, -0.15) is 0 Å². The van der Waals surface area contributed by atoms with E-state index in [9.17, 15) is 19.8 Å². The first-order chi connectivity index (χ1) is 15.0. The molecule has 0 aliphatic rings. The molecule has 1 aromatic heterocycles. The molecule has 0 unspecified atom stereocenters. The van der Waals surface area contributed by atoms with E-state index in [1.165, 1.54) is 22.8 Å². The lowest BCUT2D eigenvalue weighted by Crippen LogP contribution is -2.22. The Morgan fingerprint density at radius 1 is 1.00 bits per heavy atom. The molecule has 0 radical (unpaired) electrons. The monoisotopic (exact) mass is 432 g/mol. The Kier molecular flexibility index (Phi) is 5.77. The number of hydrogen-bond donors (Lipinski definition) is 2. The molecule has 0 fully saturated rings. The van der Waals surface area contributed by atoms with E-state index in [-0.39, 0.29) is 34.2 Å². The Morgan fingerprint density at radius 2 is 1.74 bits per heavy atom. The summed E-state index contributed by atoms with van der Waals surface area (Å²) in [4.78, 5) is 30.5. The maximum atomic E-state index is 13.3. The van der Waals surface area contributed by atoms with E-state index in [2.05, 4.69) is 11.9 Å². The number of fused-ring (bicyclic) bond motifs is 1. The van der Waals surface area contributed by atoms with Crippen molar-refractivity contribution in [3.8, 4) is 17.2 Å². The molecule has 31 heavy (non-hydrogen) atoms. The van der Waals surface area contributed by atoms with Crippen LogP contribution in [-0.2, 0) is 6.42 Å². The van der Waals surface area contributed by atoms with Gasteiger partial charge in [0.2, 0.25) is 0 Å². The molecule has 0 bridgehead atoms. The predicted molar refractivity (Wildman–Crippen MR) is 122 cm³/mol. The molecule has 0 aliphatic heterocycles. The van der Waals surface area contributed by atoms with Gasteiger partial charge in [-0.1, -0.05) is 43.0 Å². The van der Waals surface area contributed by atoms with E-state index < -0.39 is 0 Å². The molecule has 4 aromatic rings. The summed E-state index contributed by atoms with van der Waals surface area (Å²) >= 11 is 1.15. The van der Waals surface area contributed by atoms with Crippen LogP contribution in [-0.4, -0.2) is 31.3 Å². The molecule has 1 heterocycles. The van der Waals surface area contributed by atoms with Crippen molar-refractivity contribution in [3.05, 3.63) is 88.2 Å². The first-order valence-corrected chi connectivity index (χ1v) is 10.8. The number of carbonyl (C=O) groups excluding carboxylic acids is 1. The van der Waals surface area contributed by atoms with Crippen LogP contribution in [0.4, 0.5) is 0 Å². The van der Waals surface area contributed by atoms with Gasteiger partial charge in [-0.25, -0.2) is 4.98 Å². The van der Waals surface area contributed by atoms with Crippen LogP contribution in [0.5, 0.6) is 11.5 Å². The minimum atomic E-state index is -0.354. The van der Waals surface area contributed by atoms with Crippen LogP contribution in [0.1, 0.15) is 22.8 Å². The van der Waals surface area contributed by atoms with E-state index in [1.54, 1.807) is 18.2 Å². The molecule has 2 N–H and O–H groups in total. The highest BCUT2D eigenvalue weighted by Gasteiger charge is 2.16. The second kappa shape index (κ2) is 8.65. The van der Waals surface area contributed by atoms with Gasteiger partial charge >= 0.3 is 0 Å². The largest absolute Gasteiger partial charge is 0.504 e. The molecule has 0 spiro atoms. The molecule has 6 nitrogen and oxygen atoms in total. The van der Waals surface area contributed by atoms with Crippen LogP contribution in [0.2, 0.25) is 0 Å². The van der Waals surface area contributed by atoms with Crippen LogP contribution in [0.25, 0.3) is 16.6 Å². The zero-order valence-electron chi connectivity index (χ0n) is 16.8. The van der Waals surface area contributed by atoms with Gasteiger partial charge in [0.1, 0.15) is 0 Å². The number of para-hydroxylation sites is 1. The topological polar surface area (TPSA) is 92.4 Å². The summed E-state index contributed by atoms with van der Waals surface area (Å²) in [5, 5.41) is 20.0. The van der Waals surface area contributed by atoms with Gasteiger partial charge < -0.3 is 10.2 Å². The number of aromatic hydroxyl groups is 2. The predicted octanol–water partition coefficient (Wildman–Crippen LogP) is 4.33. The number of phenolic OH excluding ortho intramolecular Hbond substituents is 2. The van der Waals surface area contributed by atoms with Crippen LogP contribution < -0.4 is 5.56 Å². The minimum Gasteiger partial charge on any atom is -0.504 e. The van der Waals surface area contributed by atoms with E-state index in [4.69, 9.17) is 0 Å². The Bertz CT molecular complexity index is 1330. The maximum Gasteiger partial charge on any atom is 0.266 e. The number of nitrogens with zero attached hydrogens (tertiary/aromatic N) is 2. The molecule has 0 amide bonds. The van der Waals surface area contributed by atoms with Gasteiger partial charge in [0.15, 0.2) is 22.4 Å². The zero-order valence-corrected chi connectivity index (χ0v) is 17.6. The summed E-state index contributed by atoms with van der Waals surface area (Å²) in [6, 6.07) is 18.7. The van der Waals surface area contributed by atoms with Crippen LogP contribution in [0.15, 0.2) is 76.7 Å². The molecular formula is C24H20N2O4S. The van der Waals surface area contributed by atoms with E-state index in [0.717, 1.165) is 23.7 Å². The Morgan fingerprint density at radius 3 is 2.45 bits per heavy atom. The van der Waals surface area contributed by atoms with Crippen molar-refractivity contribution in [1.29, 1.82) is 0 Å². The normalized spacial score (nSPS) is 11.0. The number of Topliss-reactive ketones (excluding diaryl/α,β-unsaturated/α-hetero) is 1. The molecule has 7 heteroatoms. The van der Waals surface area contributed by atoms with Gasteiger partial charge in [0.25, 0.3) is 5.56 Å². The third-order valence-corrected chi connectivity index (χ3v) is 5.92. The first kappa shape index (κ1) is 20.7. The fourth-order valence-corrected chi connectivity index (χ4v) is 4.14. The third-order valence-electron chi connectivity index (χ3n) is 4.98. The number of thioether (sulfide) groups is 1. The number of rotatable bonds is 6. The molecule has 0 atom stereocenters. The summed E-state index contributed by atoms with van der Waals surface area (Å²) < 4.78 is 1.52. The number of ketones is 1. The van der Waals surface area contributed by atoms with Crippen molar-refractivity contribution >= 4 is 28.4 Å². The molecule has 156 valence electrons. The average Bonchev–Trinajstić information content (AvgIpc) is 2.79.